The van der Waals surface area contributed by atoms with Gasteiger partial charge < -0.3 is 15.8 Å². The largest absolute Gasteiger partial charge is 0.486 e. The van der Waals surface area contributed by atoms with Crippen molar-refractivity contribution in [3.8, 4) is 5.75 Å². The van der Waals surface area contributed by atoms with E-state index < -0.39 is 4.92 Å². The van der Waals surface area contributed by atoms with Crippen molar-refractivity contribution < 1.29 is 9.66 Å². The number of hydrogen-bond acceptors (Lipinski definition) is 8. The van der Waals surface area contributed by atoms with Crippen LogP contribution in [0.2, 0.25) is 0 Å². The molecule has 0 atom stereocenters. The van der Waals surface area contributed by atoms with Crippen molar-refractivity contribution in [3.05, 3.63) is 70.0 Å². The summed E-state index contributed by atoms with van der Waals surface area (Å²) in [6.45, 7) is 2.01. The standard InChI is InChI=1S/C17H16N6O3/c1-11-4-2-3-5-14(11)19-17-21-15(20-16(18)22-17)10-26-13-8-6-12(7-9-13)23(24)25/h2-9H,10H2,1H3,(H3,18,19,20,21,22). The maximum absolute atomic E-state index is 10.7. The lowest BCUT2D eigenvalue weighted by Crippen LogP contribution is -2.09. The van der Waals surface area contributed by atoms with Crippen LogP contribution in [-0.4, -0.2) is 19.9 Å². The Hall–Kier alpha value is -3.75. The van der Waals surface area contributed by atoms with Gasteiger partial charge in [0.15, 0.2) is 5.82 Å². The summed E-state index contributed by atoms with van der Waals surface area (Å²) >= 11 is 0. The van der Waals surface area contributed by atoms with E-state index >= 15 is 0 Å². The number of nitrogens with zero attached hydrogens (tertiary/aromatic N) is 4. The number of ether oxygens (including phenoxy) is 1. The number of nitrogens with two attached hydrogens (primary N) is 1. The van der Waals surface area contributed by atoms with Crippen LogP contribution in [-0.2, 0) is 6.61 Å². The number of rotatable bonds is 6. The van der Waals surface area contributed by atoms with E-state index in [4.69, 9.17) is 10.5 Å². The summed E-state index contributed by atoms with van der Waals surface area (Å²) in [7, 11) is 0. The molecule has 0 aliphatic carbocycles. The SMILES string of the molecule is Cc1ccccc1Nc1nc(N)nc(COc2ccc([N+](=O)[O-])cc2)n1. The first-order valence-corrected chi connectivity index (χ1v) is 7.71. The predicted molar refractivity (Wildman–Crippen MR) is 96.1 cm³/mol. The van der Waals surface area contributed by atoms with E-state index in [1.54, 1.807) is 0 Å². The van der Waals surface area contributed by atoms with E-state index in [1.165, 1.54) is 24.3 Å². The van der Waals surface area contributed by atoms with Gasteiger partial charge in [0.05, 0.1) is 4.92 Å². The van der Waals surface area contributed by atoms with Crippen LogP contribution in [0.1, 0.15) is 11.4 Å². The van der Waals surface area contributed by atoms with Gasteiger partial charge in [-0.2, -0.15) is 15.0 Å². The zero-order valence-corrected chi connectivity index (χ0v) is 13.9. The molecule has 0 amide bonds. The highest BCUT2D eigenvalue weighted by Crippen LogP contribution is 2.20. The zero-order valence-electron chi connectivity index (χ0n) is 13.9. The number of non-ortho nitro benzene ring substituents is 1. The number of benzene rings is 2. The molecule has 3 aromatic rings. The highest BCUT2D eigenvalue weighted by molar-refractivity contribution is 5.58. The fourth-order valence-electron chi connectivity index (χ4n) is 2.20. The fraction of sp³-hybridized carbons (Fsp3) is 0.118. The fourth-order valence-corrected chi connectivity index (χ4v) is 2.20. The van der Waals surface area contributed by atoms with Crippen molar-refractivity contribution in [1.29, 1.82) is 0 Å². The van der Waals surface area contributed by atoms with Crippen molar-refractivity contribution in [3.63, 3.8) is 0 Å². The molecule has 26 heavy (non-hydrogen) atoms. The molecule has 0 saturated heterocycles. The van der Waals surface area contributed by atoms with Crippen LogP contribution in [0.25, 0.3) is 0 Å². The second kappa shape index (κ2) is 7.43. The number of nitro benzene ring substituents is 1. The Bertz CT molecular complexity index is 930. The third-order valence-corrected chi connectivity index (χ3v) is 3.51. The summed E-state index contributed by atoms with van der Waals surface area (Å²) in [4.78, 5) is 22.6. The smallest absolute Gasteiger partial charge is 0.269 e. The molecule has 0 saturated carbocycles. The minimum absolute atomic E-state index is 0.00790. The third-order valence-electron chi connectivity index (χ3n) is 3.51. The van der Waals surface area contributed by atoms with Crippen LogP contribution in [0, 0.1) is 17.0 Å². The molecule has 0 radical (unpaired) electrons. The summed E-state index contributed by atoms with van der Waals surface area (Å²) in [5, 5.41) is 13.8. The number of hydrogen-bond donors (Lipinski definition) is 2. The van der Waals surface area contributed by atoms with Gasteiger partial charge in [-0.15, -0.1) is 0 Å². The van der Waals surface area contributed by atoms with E-state index in [2.05, 4.69) is 20.3 Å². The van der Waals surface area contributed by atoms with Crippen LogP contribution in [0.5, 0.6) is 5.75 Å². The maximum atomic E-state index is 10.7. The average Bonchev–Trinajstić information content (AvgIpc) is 2.62. The van der Waals surface area contributed by atoms with Crippen molar-refractivity contribution in [2.45, 2.75) is 13.5 Å². The Kier molecular flexibility index (Phi) is 4.88. The molecule has 3 N–H and O–H groups in total. The van der Waals surface area contributed by atoms with Gasteiger partial charge in [-0.1, -0.05) is 18.2 Å². The van der Waals surface area contributed by atoms with Crippen LogP contribution >= 0.6 is 0 Å². The van der Waals surface area contributed by atoms with Crippen molar-refractivity contribution in [2.24, 2.45) is 0 Å². The molecular formula is C17H16N6O3. The van der Waals surface area contributed by atoms with E-state index in [9.17, 15) is 10.1 Å². The number of aromatic nitrogens is 3. The first-order valence-electron chi connectivity index (χ1n) is 7.71. The van der Waals surface area contributed by atoms with Gasteiger partial charge in [-0.25, -0.2) is 0 Å². The van der Waals surface area contributed by atoms with Gasteiger partial charge in [-0.3, -0.25) is 10.1 Å². The predicted octanol–water partition coefficient (Wildman–Crippen LogP) is 2.99. The van der Waals surface area contributed by atoms with Gasteiger partial charge in [-0.05, 0) is 30.7 Å². The van der Waals surface area contributed by atoms with Crippen molar-refractivity contribution >= 4 is 23.3 Å². The minimum Gasteiger partial charge on any atom is -0.486 e. The summed E-state index contributed by atoms with van der Waals surface area (Å²) in [6.07, 6.45) is 0. The maximum Gasteiger partial charge on any atom is 0.269 e. The highest BCUT2D eigenvalue weighted by atomic mass is 16.6. The molecular weight excluding hydrogens is 336 g/mol. The third kappa shape index (κ3) is 4.20. The Morgan fingerprint density at radius 1 is 1.12 bits per heavy atom. The van der Waals surface area contributed by atoms with E-state index in [0.717, 1.165) is 11.3 Å². The molecule has 9 nitrogen and oxygen atoms in total. The quantitative estimate of drug-likeness (QED) is 0.511. The monoisotopic (exact) mass is 352 g/mol. The van der Waals surface area contributed by atoms with Gasteiger partial charge in [0.2, 0.25) is 11.9 Å². The van der Waals surface area contributed by atoms with E-state index in [1.807, 2.05) is 31.2 Å². The Balaban J connectivity index is 1.71. The number of nitro groups is 1. The topological polar surface area (TPSA) is 129 Å². The number of para-hydroxylation sites is 1. The molecule has 0 aliphatic heterocycles. The Labute approximate surface area is 149 Å². The van der Waals surface area contributed by atoms with E-state index in [-0.39, 0.29) is 18.2 Å². The summed E-state index contributed by atoms with van der Waals surface area (Å²) < 4.78 is 5.55. The Morgan fingerprint density at radius 2 is 1.85 bits per heavy atom. The van der Waals surface area contributed by atoms with Crippen molar-refractivity contribution in [1.82, 2.24) is 15.0 Å². The van der Waals surface area contributed by atoms with Gasteiger partial charge >= 0.3 is 0 Å². The lowest BCUT2D eigenvalue weighted by Gasteiger charge is -2.10. The molecule has 0 aliphatic rings. The van der Waals surface area contributed by atoms with E-state index in [0.29, 0.717) is 17.5 Å². The first-order chi connectivity index (χ1) is 12.5. The molecule has 132 valence electrons. The summed E-state index contributed by atoms with van der Waals surface area (Å²) in [6, 6.07) is 13.5. The number of nitrogens with one attached hydrogen (secondary N) is 1. The zero-order chi connectivity index (χ0) is 18.5. The van der Waals surface area contributed by atoms with Crippen LogP contribution in [0.15, 0.2) is 48.5 Å². The molecule has 3 rings (SSSR count). The summed E-state index contributed by atoms with van der Waals surface area (Å²) in [5.41, 5.74) is 7.63. The lowest BCUT2D eigenvalue weighted by atomic mass is 10.2. The average molecular weight is 352 g/mol. The van der Waals surface area contributed by atoms with Gasteiger partial charge in [0, 0.05) is 17.8 Å². The lowest BCUT2D eigenvalue weighted by molar-refractivity contribution is -0.384. The molecule has 9 heteroatoms. The Morgan fingerprint density at radius 3 is 2.54 bits per heavy atom. The molecule has 1 heterocycles. The molecule has 0 fully saturated rings. The van der Waals surface area contributed by atoms with Gasteiger partial charge in [0.25, 0.3) is 5.69 Å². The second-order valence-electron chi connectivity index (χ2n) is 5.41. The van der Waals surface area contributed by atoms with Crippen LogP contribution < -0.4 is 15.8 Å². The number of nitrogen functional groups attached to an aromatic ring is 1. The normalized spacial score (nSPS) is 10.3. The first kappa shape index (κ1) is 17.1. The van der Waals surface area contributed by atoms with Crippen LogP contribution in [0.4, 0.5) is 23.3 Å². The second-order valence-corrected chi connectivity index (χ2v) is 5.41. The molecule has 2 aromatic carbocycles. The molecule has 0 unspecified atom stereocenters. The number of anilines is 3. The molecule has 1 aromatic heterocycles. The molecule has 0 spiro atoms. The van der Waals surface area contributed by atoms with Gasteiger partial charge in [0.1, 0.15) is 12.4 Å². The summed E-state index contributed by atoms with van der Waals surface area (Å²) in [5.74, 6) is 1.18. The van der Waals surface area contributed by atoms with Crippen molar-refractivity contribution in [2.75, 3.05) is 11.1 Å². The number of aryl methyl sites for hydroxylation is 1. The molecule has 0 bridgehead atoms. The highest BCUT2D eigenvalue weighted by Gasteiger charge is 2.08. The minimum atomic E-state index is -0.472. The van der Waals surface area contributed by atoms with Crippen LogP contribution in [0.3, 0.4) is 0 Å².